The highest BCUT2D eigenvalue weighted by Crippen LogP contribution is 2.35. The topological polar surface area (TPSA) is 82.7 Å². The molecule has 1 atom stereocenters. The van der Waals surface area contributed by atoms with Crippen LogP contribution >= 0.6 is 0 Å². The van der Waals surface area contributed by atoms with Gasteiger partial charge in [0.05, 0.1) is 0 Å². The minimum Gasteiger partial charge on any atom is -0.403 e. The van der Waals surface area contributed by atoms with Gasteiger partial charge >= 0.3 is 6.36 Å². The van der Waals surface area contributed by atoms with Crippen LogP contribution in [0, 0.1) is 18.6 Å². The van der Waals surface area contributed by atoms with Crippen molar-refractivity contribution in [3.8, 4) is 11.4 Å². The third kappa shape index (κ3) is 4.99. The summed E-state index contributed by atoms with van der Waals surface area (Å²) in [5.41, 5.74) is 1.10. The fourth-order valence-corrected chi connectivity index (χ4v) is 4.19. The summed E-state index contributed by atoms with van der Waals surface area (Å²) < 4.78 is 73.3. The van der Waals surface area contributed by atoms with Crippen LogP contribution in [0.25, 0.3) is 5.69 Å². The number of halogens is 5. The molecule has 0 radical (unpaired) electrons. The van der Waals surface area contributed by atoms with Gasteiger partial charge in [0.2, 0.25) is 5.95 Å². The molecule has 8 nitrogen and oxygen atoms in total. The molecule has 5 rings (SSSR count). The van der Waals surface area contributed by atoms with E-state index in [1.54, 1.807) is 23.7 Å². The number of nitrogens with one attached hydrogen (secondary N) is 1. The first-order chi connectivity index (χ1) is 17.2. The van der Waals surface area contributed by atoms with Crippen molar-refractivity contribution in [2.45, 2.75) is 45.0 Å². The van der Waals surface area contributed by atoms with Crippen LogP contribution in [0.2, 0.25) is 0 Å². The lowest BCUT2D eigenvalue weighted by Crippen LogP contribution is -2.18. The van der Waals surface area contributed by atoms with Gasteiger partial charge < -0.3 is 10.1 Å². The molecule has 2 aromatic carbocycles. The highest BCUT2D eigenvalue weighted by atomic mass is 19.4. The molecule has 0 saturated heterocycles. The fourth-order valence-electron chi connectivity index (χ4n) is 4.19. The molecule has 0 aliphatic carbocycles. The lowest BCUT2D eigenvalue weighted by atomic mass is 9.93. The van der Waals surface area contributed by atoms with Crippen LogP contribution in [0.15, 0.2) is 42.7 Å². The zero-order valence-corrected chi connectivity index (χ0v) is 18.9. The lowest BCUT2D eigenvalue weighted by Gasteiger charge is -2.16. The van der Waals surface area contributed by atoms with Gasteiger partial charge in [-0.15, -0.1) is 18.3 Å². The molecule has 0 amide bonds. The van der Waals surface area contributed by atoms with Crippen LogP contribution in [0.5, 0.6) is 5.75 Å². The van der Waals surface area contributed by atoms with Gasteiger partial charge in [-0.05, 0) is 55.7 Å². The lowest BCUT2D eigenvalue weighted by molar-refractivity contribution is -0.275. The number of nitrogens with zero attached hydrogens (tertiary/aromatic N) is 6. The molecule has 0 saturated carbocycles. The van der Waals surface area contributed by atoms with E-state index in [0.29, 0.717) is 35.9 Å². The fraction of sp³-hybridized carbons (Fsp3) is 0.304. The number of fused-ring (bicyclic) bond motifs is 1. The Morgan fingerprint density at radius 1 is 1.03 bits per heavy atom. The summed E-state index contributed by atoms with van der Waals surface area (Å²) in [7, 11) is 0. The second kappa shape index (κ2) is 9.21. The Morgan fingerprint density at radius 3 is 2.56 bits per heavy atom. The van der Waals surface area contributed by atoms with E-state index >= 15 is 0 Å². The van der Waals surface area contributed by atoms with Crippen LogP contribution in [0.3, 0.4) is 0 Å². The van der Waals surface area contributed by atoms with Gasteiger partial charge in [0.15, 0.2) is 17.4 Å². The first kappa shape index (κ1) is 23.7. The third-order valence-corrected chi connectivity index (χ3v) is 5.77. The Hall–Kier alpha value is -4.03. The second-order valence-electron chi connectivity index (χ2n) is 8.33. The van der Waals surface area contributed by atoms with E-state index in [2.05, 4.69) is 30.2 Å². The highest BCUT2D eigenvalue weighted by molar-refractivity contribution is 5.56. The van der Waals surface area contributed by atoms with Crippen molar-refractivity contribution in [2.24, 2.45) is 0 Å². The average molecular weight is 505 g/mol. The number of aromatic nitrogens is 6. The molecule has 0 unspecified atom stereocenters. The molecule has 4 aromatic rings. The Kier molecular flexibility index (Phi) is 6.06. The number of aryl methyl sites for hydroxylation is 2. The molecule has 0 bridgehead atoms. The summed E-state index contributed by atoms with van der Waals surface area (Å²) in [5, 5.41) is 11.5. The molecule has 1 aliphatic rings. The summed E-state index contributed by atoms with van der Waals surface area (Å²) >= 11 is 0. The SMILES string of the molecule is Cc1ncn(-c2ccc(Nc3nc4n(n3)CCCC[C@H]4c3ccc(OC(F)(F)F)c(F)c3)cc2F)n1. The zero-order valence-electron chi connectivity index (χ0n) is 18.9. The van der Waals surface area contributed by atoms with Crippen LogP contribution in [-0.4, -0.2) is 35.9 Å². The van der Waals surface area contributed by atoms with Crippen molar-refractivity contribution < 1.29 is 26.7 Å². The largest absolute Gasteiger partial charge is 0.573 e. The molecule has 188 valence electrons. The molecule has 0 fully saturated rings. The summed E-state index contributed by atoms with van der Waals surface area (Å²) in [6.07, 6.45) is -1.37. The highest BCUT2D eigenvalue weighted by Gasteiger charge is 2.33. The summed E-state index contributed by atoms with van der Waals surface area (Å²) in [6, 6.07) is 7.86. The van der Waals surface area contributed by atoms with E-state index in [0.717, 1.165) is 25.0 Å². The van der Waals surface area contributed by atoms with Crippen molar-refractivity contribution >= 4 is 11.6 Å². The van der Waals surface area contributed by atoms with E-state index in [1.165, 1.54) is 23.1 Å². The van der Waals surface area contributed by atoms with Crippen LogP contribution < -0.4 is 10.1 Å². The monoisotopic (exact) mass is 505 g/mol. The van der Waals surface area contributed by atoms with Gasteiger partial charge in [0.1, 0.15) is 23.7 Å². The maximum Gasteiger partial charge on any atom is 0.573 e. The Bertz CT molecular complexity index is 1400. The Morgan fingerprint density at radius 2 is 1.86 bits per heavy atom. The van der Waals surface area contributed by atoms with Crippen molar-refractivity contribution in [1.29, 1.82) is 0 Å². The Balaban J connectivity index is 1.40. The van der Waals surface area contributed by atoms with Crippen molar-refractivity contribution in [3.05, 3.63) is 71.6 Å². The van der Waals surface area contributed by atoms with Gasteiger partial charge in [-0.3, -0.25) is 0 Å². The predicted molar refractivity (Wildman–Crippen MR) is 118 cm³/mol. The molecule has 36 heavy (non-hydrogen) atoms. The molecule has 2 aromatic heterocycles. The number of benzene rings is 2. The molecule has 1 N–H and O–H groups in total. The van der Waals surface area contributed by atoms with Crippen LogP contribution in [0.1, 0.15) is 42.4 Å². The van der Waals surface area contributed by atoms with E-state index < -0.39 is 23.7 Å². The number of rotatable bonds is 5. The zero-order chi connectivity index (χ0) is 25.4. The van der Waals surface area contributed by atoms with Crippen molar-refractivity contribution in [1.82, 2.24) is 29.5 Å². The first-order valence-corrected chi connectivity index (χ1v) is 11.1. The number of hydrogen-bond acceptors (Lipinski definition) is 6. The quantitative estimate of drug-likeness (QED) is 0.366. The summed E-state index contributed by atoms with van der Waals surface area (Å²) in [5.74, 6) is -1.66. The Labute approximate surface area is 201 Å². The van der Waals surface area contributed by atoms with Crippen molar-refractivity contribution in [2.75, 3.05) is 5.32 Å². The minimum absolute atomic E-state index is 0.221. The smallest absolute Gasteiger partial charge is 0.403 e. The van der Waals surface area contributed by atoms with E-state index in [1.807, 2.05) is 0 Å². The molecule has 3 heterocycles. The molecule has 1 aliphatic heterocycles. The normalized spacial score (nSPS) is 15.9. The summed E-state index contributed by atoms with van der Waals surface area (Å²) in [4.78, 5) is 8.54. The standard InChI is InChI=1S/C23H20F5N7O/c1-13-29-12-35(32-13)19-7-6-15(11-17(19)24)30-22-31-21-16(4-2-3-9-34(21)33-22)14-5-8-20(18(25)10-14)36-23(26,27)28/h5-8,10-12,16H,2-4,9H2,1H3,(H,30,33)/t16-/m0/s1. The van der Waals surface area contributed by atoms with Crippen LogP contribution in [-0.2, 0) is 6.54 Å². The first-order valence-electron chi connectivity index (χ1n) is 11.1. The number of anilines is 2. The molecular weight excluding hydrogens is 485 g/mol. The van der Waals surface area contributed by atoms with Gasteiger partial charge in [-0.25, -0.2) is 23.1 Å². The van der Waals surface area contributed by atoms with Crippen LogP contribution in [0.4, 0.5) is 33.6 Å². The van der Waals surface area contributed by atoms with E-state index in [4.69, 9.17) is 0 Å². The number of hydrogen-bond donors (Lipinski definition) is 1. The van der Waals surface area contributed by atoms with Crippen molar-refractivity contribution in [3.63, 3.8) is 0 Å². The minimum atomic E-state index is -4.99. The van der Waals surface area contributed by atoms with Gasteiger partial charge in [-0.1, -0.05) is 12.5 Å². The van der Waals surface area contributed by atoms with Gasteiger partial charge in [0, 0.05) is 18.2 Å². The molecule has 13 heteroatoms. The number of alkyl halides is 3. The van der Waals surface area contributed by atoms with E-state index in [-0.39, 0.29) is 17.6 Å². The predicted octanol–water partition coefficient (Wildman–Crippen LogP) is 5.40. The molecular formula is C23H20F5N7O. The maximum atomic E-state index is 14.7. The third-order valence-electron chi connectivity index (χ3n) is 5.77. The number of ether oxygens (including phenoxy) is 1. The maximum absolute atomic E-state index is 14.7. The van der Waals surface area contributed by atoms with Gasteiger partial charge in [0.25, 0.3) is 0 Å². The van der Waals surface area contributed by atoms with Gasteiger partial charge in [-0.2, -0.15) is 10.1 Å². The second-order valence-corrected chi connectivity index (χ2v) is 8.33. The van der Waals surface area contributed by atoms with E-state index in [9.17, 15) is 22.0 Å². The summed E-state index contributed by atoms with van der Waals surface area (Å²) in [6.45, 7) is 2.27. The molecule has 0 spiro atoms. The average Bonchev–Trinajstić information content (AvgIpc) is 3.35.